The molecule has 74 valence electrons. The zero-order valence-corrected chi connectivity index (χ0v) is 8.84. The normalized spacial score (nSPS) is 13.8. The van der Waals surface area contributed by atoms with Crippen LogP contribution in [0.1, 0.15) is 52.9 Å². The first-order valence-corrected chi connectivity index (χ1v) is 5.27. The van der Waals surface area contributed by atoms with Crippen LogP contribution in [0.2, 0.25) is 0 Å². The first-order chi connectivity index (χ1) is 5.66. The third-order valence-corrected chi connectivity index (χ3v) is 2.34. The van der Waals surface area contributed by atoms with Gasteiger partial charge in [0.25, 0.3) is 0 Å². The van der Waals surface area contributed by atoms with Gasteiger partial charge in [-0.1, -0.05) is 46.5 Å². The smallest absolute Gasteiger partial charge is 0.0431 e. The van der Waals surface area contributed by atoms with Crippen molar-refractivity contribution in [2.24, 2.45) is 11.8 Å². The molecule has 12 heavy (non-hydrogen) atoms. The van der Waals surface area contributed by atoms with Gasteiger partial charge < -0.3 is 5.11 Å². The van der Waals surface area contributed by atoms with Crippen molar-refractivity contribution in [1.82, 2.24) is 0 Å². The van der Waals surface area contributed by atoms with E-state index in [1.165, 1.54) is 25.7 Å². The molecule has 0 aliphatic heterocycles. The van der Waals surface area contributed by atoms with E-state index in [1.54, 1.807) is 0 Å². The standard InChI is InChI=1S/C11H24O/c1-10(2)7-8-11(3)6-4-5-9-12/h10-12H,4-9H2,1-3H3. The highest BCUT2D eigenvalue weighted by Crippen LogP contribution is 2.16. The number of rotatable bonds is 7. The van der Waals surface area contributed by atoms with Crippen molar-refractivity contribution in [1.29, 1.82) is 0 Å². The number of aliphatic hydroxyl groups is 1. The highest BCUT2D eigenvalue weighted by Gasteiger charge is 2.02. The van der Waals surface area contributed by atoms with Gasteiger partial charge in [0.05, 0.1) is 0 Å². The average molecular weight is 172 g/mol. The molecule has 0 heterocycles. The summed E-state index contributed by atoms with van der Waals surface area (Å²) in [6.07, 6.45) is 6.15. The minimum Gasteiger partial charge on any atom is -0.396 e. The molecule has 0 saturated heterocycles. The highest BCUT2D eigenvalue weighted by atomic mass is 16.2. The van der Waals surface area contributed by atoms with Crippen molar-refractivity contribution < 1.29 is 5.11 Å². The molecule has 0 aliphatic rings. The van der Waals surface area contributed by atoms with E-state index in [9.17, 15) is 0 Å². The molecule has 0 rings (SSSR count). The SMILES string of the molecule is CC(C)CCC(C)CCCCO. The Morgan fingerprint density at radius 1 is 0.917 bits per heavy atom. The van der Waals surface area contributed by atoms with E-state index < -0.39 is 0 Å². The van der Waals surface area contributed by atoms with Gasteiger partial charge in [-0.15, -0.1) is 0 Å². The third-order valence-electron chi connectivity index (χ3n) is 2.34. The zero-order valence-electron chi connectivity index (χ0n) is 8.84. The molecular weight excluding hydrogens is 148 g/mol. The lowest BCUT2D eigenvalue weighted by Gasteiger charge is -2.11. The second kappa shape index (κ2) is 7.60. The van der Waals surface area contributed by atoms with Crippen molar-refractivity contribution in [3.63, 3.8) is 0 Å². The van der Waals surface area contributed by atoms with Crippen LogP contribution >= 0.6 is 0 Å². The summed E-state index contributed by atoms with van der Waals surface area (Å²) in [5.74, 6) is 1.68. The van der Waals surface area contributed by atoms with Gasteiger partial charge in [0.2, 0.25) is 0 Å². The number of hydrogen-bond donors (Lipinski definition) is 1. The van der Waals surface area contributed by atoms with Crippen LogP contribution in [0.3, 0.4) is 0 Å². The minimum atomic E-state index is 0.358. The second-order valence-electron chi connectivity index (χ2n) is 4.30. The van der Waals surface area contributed by atoms with Gasteiger partial charge in [-0.25, -0.2) is 0 Å². The van der Waals surface area contributed by atoms with Gasteiger partial charge in [-0.05, 0) is 18.3 Å². The lowest BCUT2D eigenvalue weighted by atomic mass is 9.95. The van der Waals surface area contributed by atoms with Crippen LogP contribution < -0.4 is 0 Å². The largest absolute Gasteiger partial charge is 0.396 e. The molecule has 0 aromatic heterocycles. The Morgan fingerprint density at radius 2 is 1.58 bits per heavy atom. The Bertz CT molecular complexity index is 89.0. The van der Waals surface area contributed by atoms with Crippen molar-refractivity contribution in [3.8, 4) is 0 Å². The molecule has 0 bridgehead atoms. The van der Waals surface area contributed by atoms with Gasteiger partial charge in [0.15, 0.2) is 0 Å². The van der Waals surface area contributed by atoms with Crippen molar-refractivity contribution in [2.45, 2.75) is 52.9 Å². The lowest BCUT2D eigenvalue weighted by Crippen LogP contribution is -1.98. The average Bonchev–Trinajstić information content (AvgIpc) is 2.01. The van der Waals surface area contributed by atoms with E-state index in [4.69, 9.17) is 5.11 Å². The third kappa shape index (κ3) is 8.06. The molecular formula is C11H24O. The summed E-state index contributed by atoms with van der Waals surface area (Å²) in [7, 11) is 0. The van der Waals surface area contributed by atoms with Crippen LogP contribution in [-0.2, 0) is 0 Å². The van der Waals surface area contributed by atoms with E-state index in [2.05, 4.69) is 20.8 Å². The minimum absolute atomic E-state index is 0.358. The Labute approximate surface area is 77.2 Å². The van der Waals surface area contributed by atoms with Gasteiger partial charge in [0.1, 0.15) is 0 Å². The summed E-state index contributed by atoms with van der Waals surface area (Å²) in [5, 5.41) is 8.60. The summed E-state index contributed by atoms with van der Waals surface area (Å²) < 4.78 is 0. The Kier molecular flexibility index (Phi) is 7.58. The summed E-state index contributed by atoms with van der Waals surface area (Å²) in [6.45, 7) is 7.23. The fourth-order valence-corrected chi connectivity index (χ4v) is 1.37. The molecule has 0 aromatic rings. The quantitative estimate of drug-likeness (QED) is 0.585. The van der Waals surface area contributed by atoms with E-state index in [0.717, 1.165) is 18.3 Å². The van der Waals surface area contributed by atoms with E-state index in [-0.39, 0.29) is 0 Å². The first-order valence-electron chi connectivity index (χ1n) is 5.27. The molecule has 1 heteroatoms. The topological polar surface area (TPSA) is 20.2 Å². The number of aliphatic hydroxyl groups excluding tert-OH is 1. The highest BCUT2D eigenvalue weighted by molar-refractivity contribution is 4.55. The van der Waals surface area contributed by atoms with Crippen LogP contribution in [0.5, 0.6) is 0 Å². The summed E-state index contributed by atoms with van der Waals surface area (Å²) in [5.41, 5.74) is 0. The molecule has 0 spiro atoms. The Morgan fingerprint density at radius 3 is 2.08 bits per heavy atom. The van der Waals surface area contributed by atoms with Crippen LogP contribution in [0.25, 0.3) is 0 Å². The van der Waals surface area contributed by atoms with Gasteiger partial charge in [0, 0.05) is 6.61 Å². The number of unbranched alkanes of at least 4 members (excludes halogenated alkanes) is 1. The second-order valence-corrected chi connectivity index (χ2v) is 4.30. The molecule has 1 atom stereocenters. The van der Waals surface area contributed by atoms with Crippen LogP contribution in [0.15, 0.2) is 0 Å². The van der Waals surface area contributed by atoms with E-state index in [0.29, 0.717) is 6.61 Å². The van der Waals surface area contributed by atoms with Crippen molar-refractivity contribution in [2.75, 3.05) is 6.61 Å². The van der Waals surface area contributed by atoms with Crippen LogP contribution in [0, 0.1) is 11.8 Å². The Balaban J connectivity index is 3.15. The molecule has 0 aliphatic carbocycles. The van der Waals surface area contributed by atoms with Crippen molar-refractivity contribution >= 4 is 0 Å². The van der Waals surface area contributed by atoms with E-state index in [1.807, 2.05) is 0 Å². The molecule has 0 amide bonds. The molecule has 1 unspecified atom stereocenters. The fraction of sp³-hybridized carbons (Fsp3) is 1.00. The van der Waals surface area contributed by atoms with Crippen molar-refractivity contribution in [3.05, 3.63) is 0 Å². The number of hydrogen-bond acceptors (Lipinski definition) is 1. The van der Waals surface area contributed by atoms with E-state index >= 15 is 0 Å². The van der Waals surface area contributed by atoms with Gasteiger partial charge in [-0.2, -0.15) is 0 Å². The van der Waals surface area contributed by atoms with Gasteiger partial charge >= 0.3 is 0 Å². The summed E-state index contributed by atoms with van der Waals surface area (Å²) in [6, 6.07) is 0. The summed E-state index contributed by atoms with van der Waals surface area (Å²) >= 11 is 0. The monoisotopic (exact) mass is 172 g/mol. The molecule has 1 nitrogen and oxygen atoms in total. The van der Waals surface area contributed by atoms with Gasteiger partial charge in [-0.3, -0.25) is 0 Å². The molecule has 0 saturated carbocycles. The Hall–Kier alpha value is -0.0400. The predicted molar refractivity (Wildman–Crippen MR) is 54.2 cm³/mol. The summed E-state index contributed by atoms with van der Waals surface area (Å²) in [4.78, 5) is 0. The molecule has 0 fully saturated rings. The fourth-order valence-electron chi connectivity index (χ4n) is 1.37. The van der Waals surface area contributed by atoms with Crippen LogP contribution in [-0.4, -0.2) is 11.7 Å². The maximum absolute atomic E-state index is 8.60. The maximum atomic E-state index is 8.60. The molecule has 0 aromatic carbocycles. The zero-order chi connectivity index (χ0) is 9.40. The maximum Gasteiger partial charge on any atom is 0.0431 e. The molecule has 0 radical (unpaired) electrons. The van der Waals surface area contributed by atoms with Crippen LogP contribution in [0.4, 0.5) is 0 Å². The first kappa shape index (κ1) is 12.0. The predicted octanol–water partition coefficient (Wildman–Crippen LogP) is 3.22. The lowest BCUT2D eigenvalue weighted by molar-refractivity contribution is 0.277. The molecule has 1 N–H and O–H groups in total.